The Hall–Kier alpha value is -2.86. The van der Waals surface area contributed by atoms with Crippen molar-refractivity contribution in [2.45, 2.75) is 6.54 Å². The number of anilines is 2. The number of carbonyl (C=O) groups excluding carboxylic acids is 1. The highest BCUT2D eigenvalue weighted by atomic mass is 35.5. The van der Waals surface area contributed by atoms with Gasteiger partial charge in [0.1, 0.15) is 5.76 Å². The molecule has 2 N–H and O–H groups in total. The van der Waals surface area contributed by atoms with Gasteiger partial charge in [-0.1, -0.05) is 23.7 Å². The molecular formula is C16H13ClN4O2. The van der Waals surface area contributed by atoms with Crippen LogP contribution in [0.2, 0.25) is 5.02 Å². The Labute approximate surface area is 137 Å². The fourth-order valence-corrected chi connectivity index (χ4v) is 2.06. The average molecular weight is 329 g/mol. The van der Waals surface area contributed by atoms with Crippen molar-refractivity contribution in [3.8, 4) is 0 Å². The molecule has 0 bridgehead atoms. The normalized spacial score (nSPS) is 10.3. The smallest absolute Gasteiger partial charge is 0.258 e. The van der Waals surface area contributed by atoms with E-state index in [1.165, 1.54) is 12.4 Å². The number of carbonyl (C=O) groups is 1. The Morgan fingerprint density at radius 2 is 1.91 bits per heavy atom. The van der Waals surface area contributed by atoms with Gasteiger partial charge in [0.25, 0.3) is 5.91 Å². The molecule has 0 saturated heterocycles. The van der Waals surface area contributed by atoms with Crippen LogP contribution >= 0.6 is 11.6 Å². The molecule has 0 aliphatic rings. The van der Waals surface area contributed by atoms with E-state index in [-0.39, 0.29) is 5.91 Å². The van der Waals surface area contributed by atoms with Crippen LogP contribution in [0.5, 0.6) is 0 Å². The van der Waals surface area contributed by atoms with Gasteiger partial charge < -0.3 is 15.1 Å². The molecule has 3 aromatic rings. The molecule has 1 aromatic carbocycles. The third-order valence-electron chi connectivity index (χ3n) is 3.04. The van der Waals surface area contributed by atoms with E-state index in [2.05, 4.69) is 20.6 Å². The van der Waals surface area contributed by atoms with Crippen LogP contribution in [-0.4, -0.2) is 15.9 Å². The van der Waals surface area contributed by atoms with Crippen molar-refractivity contribution < 1.29 is 9.21 Å². The van der Waals surface area contributed by atoms with Gasteiger partial charge in [0.2, 0.25) is 5.95 Å². The highest BCUT2D eigenvalue weighted by Crippen LogP contribution is 2.21. The summed E-state index contributed by atoms with van der Waals surface area (Å²) in [6.45, 7) is 0.470. The fourth-order valence-electron chi connectivity index (χ4n) is 1.87. The lowest BCUT2D eigenvalue weighted by molar-refractivity contribution is 0.102. The fraction of sp³-hybridized carbons (Fsp3) is 0.0625. The molecule has 23 heavy (non-hydrogen) atoms. The number of hydrogen-bond acceptors (Lipinski definition) is 5. The van der Waals surface area contributed by atoms with Crippen molar-refractivity contribution in [3.05, 3.63) is 71.4 Å². The van der Waals surface area contributed by atoms with Crippen LogP contribution in [0.1, 0.15) is 16.1 Å². The zero-order chi connectivity index (χ0) is 16.1. The van der Waals surface area contributed by atoms with Gasteiger partial charge >= 0.3 is 0 Å². The quantitative estimate of drug-likeness (QED) is 0.748. The third-order valence-corrected chi connectivity index (χ3v) is 3.37. The lowest BCUT2D eigenvalue weighted by atomic mass is 10.3. The van der Waals surface area contributed by atoms with Crippen molar-refractivity contribution in [1.82, 2.24) is 9.97 Å². The number of nitrogens with zero attached hydrogens (tertiary/aromatic N) is 2. The van der Waals surface area contributed by atoms with Crippen molar-refractivity contribution in [2.75, 3.05) is 10.6 Å². The second-order valence-corrected chi connectivity index (χ2v) is 5.07. The van der Waals surface area contributed by atoms with Crippen LogP contribution in [0.15, 0.2) is 59.5 Å². The van der Waals surface area contributed by atoms with Gasteiger partial charge in [-0.15, -0.1) is 0 Å². The molecule has 0 fully saturated rings. The van der Waals surface area contributed by atoms with Gasteiger partial charge in [-0.05, 0) is 24.3 Å². The predicted molar refractivity (Wildman–Crippen MR) is 87.5 cm³/mol. The number of rotatable bonds is 5. The number of aromatic nitrogens is 2. The number of hydrogen-bond donors (Lipinski definition) is 2. The lowest BCUT2D eigenvalue weighted by Gasteiger charge is -2.07. The number of benzene rings is 1. The summed E-state index contributed by atoms with van der Waals surface area (Å²) in [6, 6.07) is 10.7. The molecular weight excluding hydrogens is 316 g/mol. The number of amides is 1. The molecule has 116 valence electrons. The molecule has 2 heterocycles. The average Bonchev–Trinajstić information content (AvgIpc) is 3.09. The molecule has 0 aliphatic carbocycles. The monoisotopic (exact) mass is 328 g/mol. The summed E-state index contributed by atoms with van der Waals surface area (Å²) in [4.78, 5) is 20.3. The maximum absolute atomic E-state index is 12.1. The molecule has 0 saturated carbocycles. The van der Waals surface area contributed by atoms with Gasteiger partial charge in [-0.3, -0.25) is 4.79 Å². The molecule has 7 heteroatoms. The highest BCUT2D eigenvalue weighted by Gasteiger charge is 2.09. The first-order valence-electron chi connectivity index (χ1n) is 6.86. The van der Waals surface area contributed by atoms with E-state index >= 15 is 0 Å². The maximum atomic E-state index is 12.1. The topological polar surface area (TPSA) is 80.0 Å². The Morgan fingerprint density at radius 1 is 1.13 bits per heavy atom. The third kappa shape index (κ3) is 3.87. The molecule has 0 aliphatic heterocycles. The van der Waals surface area contributed by atoms with Crippen LogP contribution < -0.4 is 10.6 Å². The number of halogens is 1. The minimum atomic E-state index is -0.323. The summed E-state index contributed by atoms with van der Waals surface area (Å²) in [6.07, 6.45) is 4.49. The van der Waals surface area contributed by atoms with Crippen molar-refractivity contribution in [2.24, 2.45) is 0 Å². The molecule has 3 rings (SSSR count). The summed E-state index contributed by atoms with van der Waals surface area (Å²) >= 11 is 6.01. The molecule has 1 amide bonds. The molecule has 0 spiro atoms. The molecule has 0 radical (unpaired) electrons. The first-order chi connectivity index (χ1) is 11.2. The summed E-state index contributed by atoms with van der Waals surface area (Å²) in [5, 5.41) is 6.19. The van der Waals surface area contributed by atoms with E-state index in [4.69, 9.17) is 16.0 Å². The predicted octanol–water partition coefficient (Wildman–Crippen LogP) is 3.59. The van der Waals surface area contributed by atoms with Crippen molar-refractivity contribution in [1.29, 1.82) is 0 Å². The molecule has 2 aromatic heterocycles. The summed E-state index contributed by atoms with van der Waals surface area (Å²) in [5.41, 5.74) is 0.882. The van der Waals surface area contributed by atoms with Crippen LogP contribution in [0, 0.1) is 0 Å². The van der Waals surface area contributed by atoms with E-state index in [9.17, 15) is 4.79 Å². The summed E-state index contributed by atoms with van der Waals surface area (Å²) < 4.78 is 5.20. The largest absolute Gasteiger partial charge is 0.467 e. The van der Waals surface area contributed by atoms with Gasteiger partial charge in [0, 0.05) is 12.4 Å². The van der Waals surface area contributed by atoms with Crippen LogP contribution in [0.3, 0.4) is 0 Å². The molecule has 6 nitrogen and oxygen atoms in total. The van der Waals surface area contributed by atoms with E-state index < -0.39 is 0 Å². The zero-order valence-corrected chi connectivity index (χ0v) is 12.7. The Bertz CT molecular complexity index is 788. The number of nitrogens with one attached hydrogen (secondary N) is 2. The first kappa shape index (κ1) is 15.1. The minimum Gasteiger partial charge on any atom is -0.467 e. The summed E-state index contributed by atoms with van der Waals surface area (Å²) in [5.74, 6) is 0.862. The first-order valence-corrected chi connectivity index (χ1v) is 7.24. The Kier molecular flexibility index (Phi) is 4.54. The summed E-state index contributed by atoms with van der Waals surface area (Å²) in [7, 11) is 0. The van der Waals surface area contributed by atoms with Crippen LogP contribution in [0.4, 0.5) is 11.6 Å². The standard InChI is InChI=1S/C16H13ClN4O2/c17-13-5-1-2-6-14(13)21-15(22)11-8-18-16(19-9-11)20-10-12-4-3-7-23-12/h1-9H,10H2,(H,21,22)(H,18,19,20). The lowest BCUT2D eigenvalue weighted by Crippen LogP contribution is -2.13. The van der Waals surface area contributed by atoms with E-state index in [1.54, 1.807) is 36.6 Å². The van der Waals surface area contributed by atoms with Crippen LogP contribution in [0.25, 0.3) is 0 Å². The van der Waals surface area contributed by atoms with Gasteiger partial charge in [-0.25, -0.2) is 9.97 Å². The van der Waals surface area contributed by atoms with Gasteiger partial charge in [0.15, 0.2) is 0 Å². The molecule has 0 atom stereocenters. The van der Waals surface area contributed by atoms with E-state index in [0.29, 0.717) is 28.8 Å². The Balaban J connectivity index is 1.62. The molecule has 0 unspecified atom stereocenters. The number of furan rings is 1. The zero-order valence-electron chi connectivity index (χ0n) is 12.0. The van der Waals surface area contributed by atoms with Gasteiger partial charge in [-0.2, -0.15) is 0 Å². The van der Waals surface area contributed by atoms with E-state index in [0.717, 1.165) is 5.76 Å². The SMILES string of the molecule is O=C(Nc1ccccc1Cl)c1cnc(NCc2ccco2)nc1. The van der Waals surface area contributed by atoms with E-state index in [1.807, 2.05) is 6.07 Å². The second-order valence-electron chi connectivity index (χ2n) is 4.66. The maximum Gasteiger partial charge on any atom is 0.258 e. The van der Waals surface area contributed by atoms with Crippen molar-refractivity contribution in [3.63, 3.8) is 0 Å². The number of para-hydroxylation sites is 1. The Morgan fingerprint density at radius 3 is 2.61 bits per heavy atom. The van der Waals surface area contributed by atoms with Crippen molar-refractivity contribution >= 4 is 29.1 Å². The van der Waals surface area contributed by atoms with Gasteiger partial charge in [0.05, 0.1) is 29.1 Å². The second kappa shape index (κ2) is 6.93. The van der Waals surface area contributed by atoms with Crippen LogP contribution in [-0.2, 0) is 6.54 Å². The minimum absolute atomic E-state index is 0.323. The highest BCUT2D eigenvalue weighted by molar-refractivity contribution is 6.33.